The van der Waals surface area contributed by atoms with Gasteiger partial charge in [-0.2, -0.15) is 0 Å². The van der Waals surface area contributed by atoms with Gasteiger partial charge in [0.05, 0.1) is 0 Å². The molecule has 1 aromatic carbocycles. The molecule has 0 bridgehead atoms. The second kappa shape index (κ2) is 2.93. The maximum absolute atomic E-state index is 7.33. The van der Waals surface area contributed by atoms with E-state index in [4.69, 9.17) is 4.11 Å². The van der Waals surface area contributed by atoms with Gasteiger partial charge >= 0.3 is 0 Å². The quantitative estimate of drug-likeness (QED) is 0.551. The Hall–Kier alpha value is -0.780. The molecule has 0 saturated carbocycles. The summed E-state index contributed by atoms with van der Waals surface area (Å²) in [6.45, 7) is 6.36. The lowest BCUT2D eigenvalue weighted by molar-refractivity contribution is 0.586. The van der Waals surface area contributed by atoms with Gasteiger partial charge < -0.3 is 0 Å². The summed E-state index contributed by atoms with van der Waals surface area (Å²) >= 11 is 0. The van der Waals surface area contributed by atoms with Gasteiger partial charge in [-0.1, -0.05) is 44.5 Å². The Morgan fingerprint density at radius 3 is 2.33 bits per heavy atom. The third-order valence-corrected chi connectivity index (χ3v) is 2.03. The van der Waals surface area contributed by atoms with Crippen LogP contribution >= 0.6 is 0 Å². The molecule has 0 heterocycles. The molecule has 0 aliphatic heterocycles. The third kappa shape index (κ3) is 1.88. The second-order valence-electron chi connectivity index (χ2n) is 4.28. The third-order valence-electron chi connectivity index (χ3n) is 2.03. The normalized spacial score (nSPS) is 16.5. The summed E-state index contributed by atoms with van der Waals surface area (Å²) in [7, 11) is 0. The minimum absolute atomic E-state index is 0.0668. The predicted molar refractivity (Wildman–Crippen MR) is 54.6 cm³/mol. The molecule has 0 N–H and O–H groups in total. The molecule has 1 rings (SSSR count). The fraction of sp³-hybridized carbons (Fsp3) is 0.500. The van der Waals surface area contributed by atoms with E-state index in [1.54, 1.807) is 12.1 Å². The lowest BCUT2D eigenvalue weighted by Crippen LogP contribution is -2.12. The Bertz CT molecular complexity index is 356. The first-order valence-corrected chi connectivity index (χ1v) is 4.24. The first kappa shape index (κ1) is 5.80. The van der Waals surface area contributed by atoms with E-state index < -0.39 is 6.85 Å². The zero-order valence-electron chi connectivity index (χ0n) is 11.2. The van der Waals surface area contributed by atoms with Crippen LogP contribution < -0.4 is 0 Å². The molecule has 0 radical (unpaired) electrons. The molecule has 0 spiro atoms. The van der Waals surface area contributed by atoms with E-state index in [1.165, 1.54) is 5.56 Å². The number of rotatable bonds is 0. The molecular formula is C12H18. The summed E-state index contributed by atoms with van der Waals surface area (Å²) in [5.41, 5.74) is 2.75. The van der Waals surface area contributed by atoms with Crippen LogP contribution in [0.4, 0.5) is 0 Å². The number of aryl methyl sites for hydroxylation is 2. The van der Waals surface area contributed by atoms with Crippen LogP contribution in [0.3, 0.4) is 0 Å². The smallest absolute Gasteiger partial charge is 0.0280 e. The highest BCUT2D eigenvalue weighted by Crippen LogP contribution is 2.25. The van der Waals surface area contributed by atoms with Gasteiger partial charge in [-0.3, -0.25) is 0 Å². The van der Waals surface area contributed by atoms with Crippen molar-refractivity contribution in [2.75, 3.05) is 0 Å². The fourth-order valence-electron chi connectivity index (χ4n) is 1.51. The minimum atomic E-state index is -2.00. The molecule has 0 saturated heterocycles. The highest BCUT2D eigenvalue weighted by molar-refractivity contribution is 5.34. The molecule has 1 aromatic rings. The maximum atomic E-state index is 7.33. The number of hydrogen-bond acceptors (Lipinski definition) is 0. The van der Waals surface area contributed by atoms with E-state index in [9.17, 15) is 0 Å². The molecule has 0 fully saturated rings. The van der Waals surface area contributed by atoms with Crippen LogP contribution in [0.25, 0.3) is 0 Å². The van der Waals surface area contributed by atoms with Crippen molar-refractivity contribution >= 4 is 0 Å². The summed E-state index contributed by atoms with van der Waals surface area (Å²) < 4.78 is 22.0. The summed E-state index contributed by atoms with van der Waals surface area (Å²) in [5, 5.41) is 0. The molecule has 0 aromatic heterocycles. The van der Waals surface area contributed by atoms with Crippen molar-refractivity contribution in [3.8, 4) is 0 Å². The largest absolute Gasteiger partial charge is 0.0590 e. The minimum Gasteiger partial charge on any atom is -0.0590 e. The van der Waals surface area contributed by atoms with Crippen molar-refractivity contribution in [1.82, 2.24) is 0 Å². The monoisotopic (exact) mass is 165 g/mol. The Labute approximate surface area is 79.8 Å². The Kier molecular flexibility index (Phi) is 1.42. The standard InChI is InChI=1S/C12H18/c1-9-6-7-11(10(2)8-9)12(3,4)5/h6-8H,1-5H3/i1D3. The van der Waals surface area contributed by atoms with Crippen molar-refractivity contribution in [2.24, 2.45) is 0 Å². The highest BCUT2D eigenvalue weighted by atomic mass is 14.2. The summed E-state index contributed by atoms with van der Waals surface area (Å²) in [5.74, 6) is 0. The molecular weight excluding hydrogens is 144 g/mol. The lowest BCUT2D eigenvalue weighted by atomic mass is 9.84. The average molecular weight is 165 g/mol. The molecule has 0 nitrogen and oxygen atoms in total. The molecule has 0 amide bonds. The Morgan fingerprint density at radius 1 is 1.25 bits per heavy atom. The van der Waals surface area contributed by atoms with Gasteiger partial charge in [-0.05, 0) is 30.3 Å². The zero-order valence-corrected chi connectivity index (χ0v) is 8.23. The van der Waals surface area contributed by atoms with Crippen LogP contribution in [-0.2, 0) is 5.41 Å². The van der Waals surface area contributed by atoms with Crippen LogP contribution in [0.1, 0.15) is 41.6 Å². The summed E-state index contributed by atoms with van der Waals surface area (Å²) in [6.07, 6.45) is 0. The van der Waals surface area contributed by atoms with Crippen molar-refractivity contribution in [1.29, 1.82) is 0 Å². The van der Waals surface area contributed by atoms with Crippen LogP contribution in [0.5, 0.6) is 0 Å². The zero-order chi connectivity index (χ0) is 11.9. The van der Waals surface area contributed by atoms with Crippen molar-refractivity contribution in [3.63, 3.8) is 0 Å². The average Bonchev–Trinajstić information content (AvgIpc) is 1.99. The van der Waals surface area contributed by atoms with Crippen molar-refractivity contribution < 1.29 is 4.11 Å². The van der Waals surface area contributed by atoms with Gasteiger partial charge in [0.1, 0.15) is 0 Å². The second-order valence-corrected chi connectivity index (χ2v) is 4.28. The molecule has 66 valence electrons. The fourth-order valence-corrected chi connectivity index (χ4v) is 1.51. The molecule has 0 heteroatoms. The van der Waals surface area contributed by atoms with Crippen LogP contribution in [0.2, 0.25) is 0 Å². The lowest BCUT2D eigenvalue weighted by Gasteiger charge is -2.21. The molecule has 0 aliphatic rings. The topological polar surface area (TPSA) is 0 Å². The van der Waals surface area contributed by atoms with Gasteiger partial charge in [-0.25, -0.2) is 0 Å². The van der Waals surface area contributed by atoms with E-state index in [2.05, 4.69) is 20.8 Å². The van der Waals surface area contributed by atoms with E-state index in [-0.39, 0.29) is 5.41 Å². The number of hydrogen-bond donors (Lipinski definition) is 0. The SMILES string of the molecule is [2H]C([2H])([2H])c1ccc(C(C)(C)C)c(C)c1. The molecule has 0 unspecified atom stereocenters. The van der Waals surface area contributed by atoms with Crippen molar-refractivity contribution in [3.05, 3.63) is 34.9 Å². The maximum Gasteiger partial charge on any atom is 0.0280 e. The van der Waals surface area contributed by atoms with Crippen LogP contribution in [-0.4, -0.2) is 0 Å². The first-order chi connectivity index (χ1) is 6.62. The summed E-state index contributed by atoms with van der Waals surface area (Å²) in [6, 6.07) is 5.41. The van der Waals surface area contributed by atoms with Gasteiger partial charge in [0.25, 0.3) is 0 Å². The Balaban J connectivity index is 3.21. The van der Waals surface area contributed by atoms with E-state index in [0.717, 1.165) is 5.56 Å². The molecule has 0 aliphatic carbocycles. The van der Waals surface area contributed by atoms with Gasteiger partial charge in [0.15, 0.2) is 0 Å². The van der Waals surface area contributed by atoms with Crippen LogP contribution in [0, 0.1) is 13.8 Å². The molecule has 0 atom stereocenters. The van der Waals surface area contributed by atoms with Gasteiger partial charge in [-0.15, -0.1) is 0 Å². The van der Waals surface area contributed by atoms with Crippen LogP contribution in [0.15, 0.2) is 18.2 Å². The molecule has 12 heavy (non-hydrogen) atoms. The van der Waals surface area contributed by atoms with Crippen molar-refractivity contribution in [2.45, 2.75) is 40.0 Å². The van der Waals surface area contributed by atoms with E-state index >= 15 is 0 Å². The van der Waals surface area contributed by atoms with E-state index in [0.29, 0.717) is 5.56 Å². The summed E-state index contributed by atoms with van der Waals surface area (Å²) in [4.78, 5) is 0. The highest BCUT2D eigenvalue weighted by Gasteiger charge is 2.15. The van der Waals surface area contributed by atoms with E-state index in [1.807, 2.05) is 13.0 Å². The Morgan fingerprint density at radius 2 is 1.92 bits per heavy atom. The van der Waals surface area contributed by atoms with Gasteiger partial charge in [0.2, 0.25) is 0 Å². The van der Waals surface area contributed by atoms with Gasteiger partial charge in [0, 0.05) is 4.11 Å². The first-order valence-electron chi connectivity index (χ1n) is 5.74. The predicted octanol–water partition coefficient (Wildman–Crippen LogP) is 3.60. The number of benzene rings is 1.